The Hall–Kier alpha value is -1.59. The molecule has 0 aromatic carbocycles. The van der Waals surface area contributed by atoms with Gasteiger partial charge >= 0.3 is 0 Å². The first-order valence-corrected chi connectivity index (χ1v) is 7.75. The molecule has 0 saturated heterocycles. The zero-order valence-electron chi connectivity index (χ0n) is 12.2. The number of carbonyl (C=O) groups excluding carboxylic acids is 1. The lowest BCUT2D eigenvalue weighted by Gasteiger charge is -2.19. The van der Waals surface area contributed by atoms with Crippen molar-refractivity contribution in [3.05, 3.63) is 44.7 Å². The Kier molecular flexibility index (Phi) is 4.54. The lowest BCUT2D eigenvalue weighted by Crippen LogP contribution is -2.24. The Balaban J connectivity index is 2.13. The summed E-state index contributed by atoms with van der Waals surface area (Å²) in [5.41, 5.74) is 6.96. The van der Waals surface area contributed by atoms with Gasteiger partial charge in [0.2, 0.25) is 0 Å². The van der Waals surface area contributed by atoms with E-state index in [1.54, 1.807) is 12.1 Å². The van der Waals surface area contributed by atoms with E-state index in [-0.39, 0.29) is 11.3 Å². The van der Waals surface area contributed by atoms with E-state index in [4.69, 9.17) is 17.3 Å². The Labute approximate surface area is 133 Å². The van der Waals surface area contributed by atoms with Crippen LogP contribution in [0, 0.1) is 0 Å². The maximum Gasteiger partial charge on any atom is 0.251 e. The molecule has 0 aliphatic heterocycles. The van der Waals surface area contributed by atoms with E-state index >= 15 is 0 Å². The fourth-order valence-corrected chi connectivity index (χ4v) is 2.81. The molecule has 1 amide bonds. The third kappa shape index (κ3) is 4.19. The minimum absolute atomic E-state index is 0.161. The molecule has 0 bridgehead atoms. The molecule has 2 heterocycles. The van der Waals surface area contributed by atoms with Gasteiger partial charge in [-0.25, -0.2) is 4.98 Å². The van der Waals surface area contributed by atoms with E-state index in [0.717, 1.165) is 10.6 Å². The summed E-state index contributed by atoms with van der Waals surface area (Å²) in [5.74, 6) is 0.186. The van der Waals surface area contributed by atoms with E-state index in [0.29, 0.717) is 22.3 Å². The molecule has 0 aliphatic carbocycles. The number of thiophene rings is 1. The number of nitrogens with one attached hydrogen (secondary N) is 1. The first kappa shape index (κ1) is 15.8. The second-order valence-electron chi connectivity index (χ2n) is 5.80. The predicted octanol–water partition coefficient (Wildman–Crippen LogP) is 3.61. The maximum atomic E-state index is 12.2. The van der Waals surface area contributed by atoms with E-state index in [9.17, 15) is 4.79 Å². The number of pyridine rings is 1. The molecule has 4 nitrogen and oxygen atoms in total. The third-order valence-corrected chi connectivity index (χ3v) is 4.16. The van der Waals surface area contributed by atoms with Crippen LogP contribution in [0.4, 0.5) is 5.82 Å². The number of carbonyl (C=O) groups is 1. The number of anilines is 1. The SMILES string of the molecule is CC(C)(C)c1cc(C(=O)NCc2ccc(Cl)s2)cc(N)n1. The zero-order chi connectivity index (χ0) is 15.6. The molecule has 0 saturated carbocycles. The number of hydrogen-bond acceptors (Lipinski definition) is 4. The van der Waals surface area contributed by atoms with Gasteiger partial charge in [0.1, 0.15) is 5.82 Å². The van der Waals surface area contributed by atoms with Crippen molar-refractivity contribution < 1.29 is 4.79 Å². The first-order chi connectivity index (χ1) is 9.75. The average molecular weight is 324 g/mol. The van der Waals surface area contributed by atoms with Crippen LogP contribution in [0.15, 0.2) is 24.3 Å². The molecular weight excluding hydrogens is 306 g/mol. The quantitative estimate of drug-likeness (QED) is 0.906. The summed E-state index contributed by atoms with van der Waals surface area (Å²) >= 11 is 7.31. The van der Waals surface area contributed by atoms with Crippen LogP contribution < -0.4 is 11.1 Å². The fourth-order valence-electron chi connectivity index (χ4n) is 1.78. The van der Waals surface area contributed by atoms with E-state index in [1.807, 2.05) is 32.9 Å². The highest BCUT2D eigenvalue weighted by Gasteiger charge is 2.18. The van der Waals surface area contributed by atoms with Crippen LogP contribution in [0.25, 0.3) is 0 Å². The minimum Gasteiger partial charge on any atom is -0.384 e. The molecule has 6 heteroatoms. The fraction of sp³-hybridized carbons (Fsp3) is 0.333. The molecule has 0 atom stereocenters. The number of amides is 1. The van der Waals surface area contributed by atoms with Crippen LogP contribution in [0.1, 0.15) is 41.7 Å². The normalized spacial score (nSPS) is 11.4. The number of nitrogens with zero attached hydrogens (tertiary/aromatic N) is 1. The summed E-state index contributed by atoms with van der Waals surface area (Å²) in [6.45, 7) is 6.54. The van der Waals surface area contributed by atoms with Crippen molar-refractivity contribution in [2.45, 2.75) is 32.7 Å². The van der Waals surface area contributed by atoms with E-state index in [1.165, 1.54) is 11.3 Å². The zero-order valence-corrected chi connectivity index (χ0v) is 13.8. The highest BCUT2D eigenvalue weighted by Crippen LogP contribution is 2.23. The van der Waals surface area contributed by atoms with Crippen LogP contribution in [-0.2, 0) is 12.0 Å². The third-order valence-electron chi connectivity index (χ3n) is 2.93. The second-order valence-corrected chi connectivity index (χ2v) is 7.60. The van der Waals surface area contributed by atoms with Gasteiger partial charge in [0.25, 0.3) is 5.91 Å². The van der Waals surface area contributed by atoms with Crippen molar-refractivity contribution in [2.24, 2.45) is 0 Å². The summed E-state index contributed by atoms with van der Waals surface area (Å²) in [5, 5.41) is 2.86. The van der Waals surface area contributed by atoms with Crippen molar-refractivity contribution in [3.63, 3.8) is 0 Å². The maximum absolute atomic E-state index is 12.2. The molecule has 0 radical (unpaired) electrons. The molecule has 0 fully saturated rings. The van der Waals surface area contributed by atoms with Gasteiger partial charge in [0, 0.05) is 21.5 Å². The largest absolute Gasteiger partial charge is 0.384 e. The van der Waals surface area contributed by atoms with Crippen LogP contribution in [0.2, 0.25) is 4.34 Å². The number of aromatic nitrogens is 1. The van der Waals surface area contributed by atoms with Gasteiger partial charge in [-0.15, -0.1) is 11.3 Å². The summed E-state index contributed by atoms with van der Waals surface area (Å²) in [6, 6.07) is 7.09. The Morgan fingerprint density at radius 1 is 1.38 bits per heavy atom. The van der Waals surface area contributed by atoms with Gasteiger partial charge in [0.15, 0.2) is 0 Å². The number of hydrogen-bond donors (Lipinski definition) is 2. The molecular formula is C15H18ClN3OS. The number of nitrogen functional groups attached to an aromatic ring is 1. The highest BCUT2D eigenvalue weighted by atomic mass is 35.5. The molecule has 3 N–H and O–H groups in total. The average Bonchev–Trinajstić information content (AvgIpc) is 2.80. The number of nitrogens with two attached hydrogens (primary N) is 1. The van der Waals surface area contributed by atoms with Crippen molar-refractivity contribution in [1.82, 2.24) is 10.3 Å². The molecule has 0 spiro atoms. The monoisotopic (exact) mass is 323 g/mol. The minimum atomic E-state index is -0.167. The van der Waals surface area contributed by atoms with Crippen molar-refractivity contribution in [2.75, 3.05) is 5.73 Å². The van der Waals surface area contributed by atoms with E-state index < -0.39 is 0 Å². The van der Waals surface area contributed by atoms with Crippen LogP contribution in [0.3, 0.4) is 0 Å². The Morgan fingerprint density at radius 2 is 2.10 bits per heavy atom. The Bertz CT molecular complexity index is 661. The molecule has 2 rings (SSSR count). The molecule has 0 unspecified atom stereocenters. The second kappa shape index (κ2) is 6.03. The van der Waals surface area contributed by atoms with Gasteiger partial charge < -0.3 is 11.1 Å². The van der Waals surface area contributed by atoms with E-state index in [2.05, 4.69) is 10.3 Å². The lowest BCUT2D eigenvalue weighted by molar-refractivity contribution is 0.0951. The summed E-state index contributed by atoms with van der Waals surface area (Å²) in [6.07, 6.45) is 0. The number of rotatable bonds is 3. The summed E-state index contributed by atoms with van der Waals surface area (Å²) in [7, 11) is 0. The number of halogens is 1. The van der Waals surface area contributed by atoms with Crippen LogP contribution in [0.5, 0.6) is 0 Å². The van der Waals surface area contributed by atoms with Gasteiger partial charge in [-0.2, -0.15) is 0 Å². The van der Waals surface area contributed by atoms with Gasteiger partial charge in [-0.05, 0) is 24.3 Å². The van der Waals surface area contributed by atoms with Gasteiger partial charge in [-0.1, -0.05) is 32.4 Å². The predicted molar refractivity (Wildman–Crippen MR) is 87.8 cm³/mol. The topological polar surface area (TPSA) is 68.0 Å². The van der Waals surface area contributed by atoms with Crippen LogP contribution in [-0.4, -0.2) is 10.9 Å². The van der Waals surface area contributed by atoms with Crippen molar-refractivity contribution in [3.8, 4) is 0 Å². The first-order valence-electron chi connectivity index (χ1n) is 6.56. The molecule has 0 aliphatic rings. The molecule has 112 valence electrons. The highest BCUT2D eigenvalue weighted by molar-refractivity contribution is 7.16. The van der Waals surface area contributed by atoms with Crippen molar-refractivity contribution >= 4 is 34.7 Å². The van der Waals surface area contributed by atoms with Gasteiger partial charge in [-0.3, -0.25) is 4.79 Å². The summed E-state index contributed by atoms with van der Waals surface area (Å²) < 4.78 is 0.711. The van der Waals surface area contributed by atoms with Crippen molar-refractivity contribution in [1.29, 1.82) is 0 Å². The van der Waals surface area contributed by atoms with Gasteiger partial charge in [0.05, 0.1) is 10.9 Å². The summed E-state index contributed by atoms with van der Waals surface area (Å²) in [4.78, 5) is 17.5. The Morgan fingerprint density at radius 3 is 2.67 bits per heavy atom. The molecule has 2 aromatic rings. The van der Waals surface area contributed by atoms with Crippen LogP contribution >= 0.6 is 22.9 Å². The lowest BCUT2D eigenvalue weighted by atomic mass is 9.90. The smallest absolute Gasteiger partial charge is 0.251 e. The molecule has 2 aromatic heterocycles. The molecule has 21 heavy (non-hydrogen) atoms. The standard InChI is InChI=1S/C15H18ClN3OS/c1-15(2,3)11-6-9(7-13(17)19-11)14(20)18-8-10-4-5-12(16)21-10/h4-7H,8H2,1-3H3,(H2,17,19)(H,18,20).